The average Bonchev–Trinajstić information content (AvgIpc) is 2.59. The van der Waals surface area contributed by atoms with Gasteiger partial charge in [0, 0.05) is 17.3 Å². The summed E-state index contributed by atoms with van der Waals surface area (Å²) in [7, 11) is 1.59. The molecular formula is C18H18N2O2. The Hall–Kier alpha value is -2.80. The maximum atomic E-state index is 12.4. The van der Waals surface area contributed by atoms with Crippen molar-refractivity contribution in [1.29, 1.82) is 5.26 Å². The second-order valence-corrected chi connectivity index (χ2v) is 4.92. The predicted molar refractivity (Wildman–Crippen MR) is 86.2 cm³/mol. The van der Waals surface area contributed by atoms with Gasteiger partial charge in [0.1, 0.15) is 11.8 Å². The number of methoxy groups -OCH3 is 1. The lowest BCUT2D eigenvalue weighted by Crippen LogP contribution is -2.36. The molecule has 0 fully saturated rings. The molecule has 0 saturated carbocycles. The summed E-state index contributed by atoms with van der Waals surface area (Å²) in [6, 6.07) is 18.2. The summed E-state index contributed by atoms with van der Waals surface area (Å²) in [6.07, 6.45) is 0. The quantitative estimate of drug-likeness (QED) is 0.767. The first-order valence-electron chi connectivity index (χ1n) is 7.04. The average molecular weight is 294 g/mol. The maximum absolute atomic E-state index is 12.4. The molecule has 0 N–H and O–H groups in total. The Balaban J connectivity index is 2.27. The van der Waals surface area contributed by atoms with E-state index in [1.807, 2.05) is 42.5 Å². The summed E-state index contributed by atoms with van der Waals surface area (Å²) >= 11 is 0. The van der Waals surface area contributed by atoms with Crippen molar-refractivity contribution >= 4 is 11.5 Å². The molecule has 0 aliphatic heterocycles. The van der Waals surface area contributed by atoms with Crippen molar-refractivity contribution in [3.63, 3.8) is 0 Å². The SMILES string of the molecule is COc1cccc(N(CC(=O)c2ccccc2)C(C)C#N)c1. The summed E-state index contributed by atoms with van der Waals surface area (Å²) in [4.78, 5) is 14.2. The first-order valence-corrected chi connectivity index (χ1v) is 7.04. The molecule has 0 saturated heterocycles. The van der Waals surface area contributed by atoms with Crippen LogP contribution in [-0.2, 0) is 0 Å². The molecule has 0 spiro atoms. The topological polar surface area (TPSA) is 53.3 Å². The van der Waals surface area contributed by atoms with Crippen LogP contribution in [0.1, 0.15) is 17.3 Å². The summed E-state index contributed by atoms with van der Waals surface area (Å²) in [5.74, 6) is 0.672. The lowest BCUT2D eigenvalue weighted by atomic mass is 10.1. The normalized spacial score (nSPS) is 11.3. The van der Waals surface area contributed by atoms with E-state index in [0.717, 1.165) is 5.69 Å². The fourth-order valence-corrected chi connectivity index (χ4v) is 2.18. The van der Waals surface area contributed by atoms with Gasteiger partial charge >= 0.3 is 0 Å². The fourth-order valence-electron chi connectivity index (χ4n) is 2.18. The van der Waals surface area contributed by atoms with E-state index in [9.17, 15) is 10.1 Å². The van der Waals surface area contributed by atoms with Crippen molar-refractivity contribution in [2.75, 3.05) is 18.6 Å². The summed E-state index contributed by atoms with van der Waals surface area (Å²) in [6.45, 7) is 1.92. The number of nitrogens with zero attached hydrogens (tertiary/aromatic N) is 2. The zero-order chi connectivity index (χ0) is 15.9. The van der Waals surface area contributed by atoms with Gasteiger partial charge in [-0.05, 0) is 19.1 Å². The summed E-state index contributed by atoms with van der Waals surface area (Å²) in [5.41, 5.74) is 1.43. The number of hydrogen-bond acceptors (Lipinski definition) is 4. The van der Waals surface area contributed by atoms with Crippen molar-refractivity contribution in [2.24, 2.45) is 0 Å². The van der Waals surface area contributed by atoms with Crippen LogP contribution in [0.25, 0.3) is 0 Å². The second kappa shape index (κ2) is 7.28. The van der Waals surface area contributed by atoms with Gasteiger partial charge < -0.3 is 9.64 Å². The number of hydrogen-bond donors (Lipinski definition) is 0. The van der Waals surface area contributed by atoms with Crippen LogP contribution in [0.5, 0.6) is 5.75 Å². The number of ketones is 1. The lowest BCUT2D eigenvalue weighted by Gasteiger charge is -2.26. The van der Waals surface area contributed by atoms with Gasteiger partial charge in [-0.2, -0.15) is 5.26 Å². The Labute approximate surface area is 130 Å². The molecule has 0 heterocycles. The van der Waals surface area contributed by atoms with Crippen LogP contribution in [0.4, 0.5) is 5.69 Å². The van der Waals surface area contributed by atoms with E-state index in [0.29, 0.717) is 11.3 Å². The molecule has 0 radical (unpaired) electrons. The monoisotopic (exact) mass is 294 g/mol. The first kappa shape index (κ1) is 15.6. The van der Waals surface area contributed by atoms with E-state index in [1.165, 1.54) is 0 Å². The standard InChI is InChI=1S/C18H18N2O2/c1-14(12-19)20(16-9-6-10-17(11-16)22-2)13-18(21)15-7-4-3-5-8-15/h3-11,14H,13H2,1-2H3. The molecule has 22 heavy (non-hydrogen) atoms. The number of carbonyl (C=O) groups is 1. The molecular weight excluding hydrogens is 276 g/mol. The van der Waals surface area contributed by atoms with E-state index in [4.69, 9.17) is 4.74 Å². The number of rotatable bonds is 6. The minimum absolute atomic E-state index is 0.0227. The molecule has 1 unspecified atom stereocenters. The predicted octanol–water partition coefficient (Wildman–Crippen LogP) is 3.30. The van der Waals surface area contributed by atoms with E-state index >= 15 is 0 Å². The first-order chi connectivity index (χ1) is 10.7. The molecule has 1 atom stereocenters. The summed E-state index contributed by atoms with van der Waals surface area (Å²) < 4.78 is 5.21. The van der Waals surface area contributed by atoms with Crippen LogP contribution < -0.4 is 9.64 Å². The van der Waals surface area contributed by atoms with Gasteiger partial charge in [-0.25, -0.2) is 0 Å². The third-order valence-electron chi connectivity index (χ3n) is 3.45. The van der Waals surface area contributed by atoms with Gasteiger partial charge in [-0.3, -0.25) is 4.79 Å². The third kappa shape index (κ3) is 3.64. The highest BCUT2D eigenvalue weighted by Gasteiger charge is 2.19. The van der Waals surface area contributed by atoms with Crippen molar-refractivity contribution in [1.82, 2.24) is 0 Å². The number of anilines is 1. The highest BCUT2D eigenvalue weighted by atomic mass is 16.5. The van der Waals surface area contributed by atoms with Gasteiger partial charge in [0.05, 0.1) is 19.7 Å². The van der Waals surface area contributed by atoms with Crippen molar-refractivity contribution < 1.29 is 9.53 Å². The molecule has 4 heteroatoms. The third-order valence-corrected chi connectivity index (χ3v) is 3.45. The van der Waals surface area contributed by atoms with E-state index in [2.05, 4.69) is 6.07 Å². The Morgan fingerprint density at radius 1 is 1.23 bits per heavy atom. The Morgan fingerprint density at radius 2 is 1.95 bits per heavy atom. The number of benzene rings is 2. The molecule has 2 aromatic carbocycles. The molecule has 4 nitrogen and oxygen atoms in total. The second-order valence-electron chi connectivity index (χ2n) is 4.92. The van der Waals surface area contributed by atoms with Crippen molar-refractivity contribution in [3.8, 4) is 11.8 Å². The minimum Gasteiger partial charge on any atom is -0.497 e. The van der Waals surface area contributed by atoms with Crippen LogP contribution >= 0.6 is 0 Å². The van der Waals surface area contributed by atoms with E-state index in [-0.39, 0.29) is 12.3 Å². The highest BCUT2D eigenvalue weighted by Crippen LogP contribution is 2.23. The van der Waals surface area contributed by atoms with Gasteiger partial charge in [0.2, 0.25) is 0 Å². The summed E-state index contributed by atoms with van der Waals surface area (Å²) in [5, 5.41) is 9.24. The van der Waals surface area contributed by atoms with Crippen LogP contribution in [0.2, 0.25) is 0 Å². The molecule has 0 bridgehead atoms. The maximum Gasteiger partial charge on any atom is 0.182 e. The molecule has 2 aromatic rings. The van der Waals surface area contributed by atoms with Gasteiger partial charge in [0.15, 0.2) is 5.78 Å². The number of ether oxygens (including phenoxy) is 1. The van der Waals surface area contributed by atoms with Crippen LogP contribution in [0, 0.1) is 11.3 Å². The highest BCUT2D eigenvalue weighted by molar-refractivity contribution is 5.99. The molecule has 0 amide bonds. The van der Waals surface area contributed by atoms with Crippen LogP contribution in [0.15, 0.2) is 54.6 Å². The molecule has 0 aliphatic rings. The number of nitriles is 1. The zero-order valence-corrected chi connectivity index (χ0v) is 12.7. The van der Waals surface area contributed by atoms with Crippen molar-refractivity contribution in [2.45, 2.75) is 13.0 Å². The molecule has 0 aliphatic carbocycles. The van der Waals surface area contributed by atoms with Gasteiger partial charge in [0.25, 0.3) is 0 Å². The smallest absolute Gasteiger partial charge is 0.182 e. The number of Topliss-reactive ketones (excluding diaryl/α,β-unsaturated/α-hetero) is 1. The Morgan fingerprint density at radius 3 is 2.59 bits per heavy atom. The zero-order valence-electron chi connectivity index (χ0n) is 12.7. The van der Waals surface area contributed by atoms with Crippen LogP contribution in [-0.4, -0.2) is 25.5 Å². The minimum atomic E-state index is -0.417. The molecule has 112 valence electrons. The Kier molecular flexibility index (Phi) is 5.16. The lowest BCUT2D eigenvalue weighted by molar-refractivity contribution is 0.0998. The largest absolute Gasteiger partial charge is 0.497 e. The van der Waals surface area contributed by atoms with Crippen LogP contribution in [0.3, 0.4) is 0 Å². The Bertz CT molecular complexity index is 677. The van der Waals surface area contributed by atoms with Gasteiger partial charge in [-0.15, -0.1) is 0 Å². The van der Waals surface area contributed by atoms with Gasteiger partial charge in [-0.1, -0.05) is 36.4 Å². The number of carbonyl (C=O) groups excluding carboxylic acids is 1. The molecule has 0 aromatic heterocycles. The van der Waals surface area contributed by atoms with Crippen molar-refractivity contribution in [3.05, 3.63) is 60.2 Å². The van der Waals surface area contributed by atoms with E-state index in [1.54, 1.807) is 31.1 Å². The fraction of sp³-hybridized carbons (Fsp3) is 0.222. The molecule has 2 rings (SSSR count). The van der Waals surface area contributed by atoms with E-state index < -0.39 is 6.04 Å².